The van der Waals surface area contributed by atoms with Crippen molar-refractivity contribution in [2.75, 3.05) is 30.7 Å². The molecule has 4 rings (SSSR count). The van der Waals surface area contributed by atoms with Gasteiger partial charge in [0.1, 0.15) is 23.5 Å². The van der Waals surface area contributed by atoms with Crippen molar-refractivity contribution in [3.63, 3.8) is 0 Å². The van der Waals surface area contributed by atoms with Gasteiger partial charge >= 0.3 is 0 Å². The largest absolute Gasteiger partial charge is 0.377 e. The number of hydrogen-bond donors (Lipinski definition) is 2. The van der Waals surface area contributed by atoms with E-state index in [1.807, 2.05) is 35.2 Å². The van der Waals surface area contributed by atoms with Crippen molar-refractivity contribution in [3.8, 4) is 0 Å². The molecule has 2 aliphatic rings. The zero-order chi connectivity index (χ0) is 25.5. The Balaban J connectivity index is 1.38. The van der Waals surface area contributed by atoms with Crippen LogP contribution in [0.3, 0.4) is 0 Å². The molecule has 2 aromatic rings. The number of likely N-dealkylation sites (tertiary alicyclic amines) is 1. The Hall–Kier alpha value is -1.91. The van der Waals surface area contributed by atoms with Crippen LogP contribution in [0, 0.1) is 11.6 Å². The van der Waals surface area contributed by atoms with Crippen LogP contribution in [0.4, 0.5) is 23.2 Å². The lowest BCUT2D eigenvalue weighted by Crippen LogP contribution is -2.49. The van der Waals surface area contributed by atoms with Gasteiger partial charge in [-0.25, -0.2) is 17.6 Å². The number of halogens is 4. The highest BCUT2D eigenvalue weighted by atomic mass is 32.2. The van der Waals surface area contributed by atoms with Crippen molar-refractivity contribution >= 4 is 35.3 Å². The third-order valence-electron chi connectivity index (χ3n) is 6.58. The first-order valence-electron chi connectivity index (χ1n) is 12.3. The lowest BCUT2D eigenvalue weighted by Gasteiger charge is -2.35. The number of rotatable bonds is 11. The minimum Gasteiger partial charge on any atom is -0.377 e. The second kappa shape index (κ2) is 12.6. The molecular formula is C26H31F4N3OS2. The fourth-order valence-electron chi connectivity index (χ4n) is 4.43. The van der Waals surface area contributed by atoms with E-state index in [4.69, 9.17) is 0 Å². The summed E-state index contributed by atoms with van der Waals surface area (Å²) in [6.07, 6.45) is 2.31. The minimum atomic E-state index is -1.92. The molecule has 1 heterocycles. The molecule has 2 aromatic carbocycles. The zero-order valence-corrected chi connectivity index (χ0v) is 21.6. The van der Waals surface area contributed by atoms with Crippen molar-refractivity contribution in [1.29, 1.82) is 0 Å². The molecule has 1 atom stereocenters. The Morgan fingerprint density at radius 3 is 2.36 bits per heavy atom. The van der Waals surface area contributed by atoms with Crippen LogP contribution in [0.2, 0.25) is 0 Å². The molecule has 1 aliphatic heterocycles. The van der Waals surface area contributed by atoms with Crippen LogP contribution in [0.5, 0.6) is 0 Å². The standard InChI is InChI=1S/C26H31F4N3OS2/c27-18-15-33(16-18)12-9-19(17-35-20-7-3-1-4-8-20)31-24-22(28)13-21(14-23(24)29)36-32-25(34)26(30)10-5-2-6-11-26/h1,3-4,7-8,13-14,18-19,31H,2,5-6,9-12,15-17H2,(H,32,34). The molecular weight excluding hydrogens is 510 g/mol. The van der Waals surface area contributed by atoms with Crippen LogP contribution in [-0.2, 0) is 4.79 Å². The third kappa shape index (κ3) is 7.32. The first kappa shape index (κ1) is 27.1. The molecule has 1 amide bonds. The van der Waals surface area contributed by atoms with Gasteiger partial charge in [-0.05, 0) is 68.3 Å². The van der Waals surface area contributed by atoms with E-state index in [1.165, 1.54) is 0 Å². The first-order valence-corrected chi connectivity index (χ1v) is 14.1. The van der Waals surface area contributed by atoms with Gasteiger partial charge in [0.05, 0.1) is 0 Å². The lowest BCUT2D eigenvalue weighted by atomic mass is 9.86. The second-order valence-electron chi connectivity index (χ2n) is 9.43. The van der Waals surface area contributed by atoms with E-state index in [9.17, 15) is 22.4 Å². The number of hydrogen-bond acceptors (Lipinski definition) is 5. The van der Waals surface area contributed by atoms with E-state index in [1.54, 1.807) is 11.8 Å². The summed E-state index contributed by atoms with van der Waals surface area (Å²) < 4.78 is 60.3. The maximum absolute atomic E-state index is 14.9. The average Bonchev–Trinajstić information content (AvgIpc) is 2.85. The van der Waals surface area contributed by atoms with Gasteiger partial charge in [-0.15, -0.1) is 11.8 Å². The summed E-state index contributed by atoms with van der Waals surface area (Å²) in [6, 6.07) is 11.7. The van der Waals surface area contributed by atoms with Crippen LogP contribution in [-0.4, -0.2) is 54.1 Å². The highest BCUT2D eigenvalue weighted by Crippen LogP contribution is 2.34. The van der Waals surface area contributed by atoms with Crippen molar-refractivity contribution < 1.29 is 22.4 Å². The summed E-state index contributed by atoms with van der Waals surface area (Å²) >= 11 is 2.29. The highest BCUT2D eigenvalue weighted by Gasteiger charge is 2.39. The summed E-state index contributed by atoms with van der Waals surface area (Å²) in [5, 5.41) is 3.00. The van der Waals surface area contributed by atoms with E-state index in [2.05, 4.69) is 10.0 Å². The highest BCUT2D eigenvalue weighted by molar-refractivity contribution is 7.99. The molecule has 196 valence electrons. The number of carbonyl (C=O) groups is 1. The first-order chi connectivity index (χ1) is 17.3. The molecule has 1 aliphatic carbocycles. The molecule has 2 N–H and O–H groups in total. The summed E-state index contributed by atoms with van der Waals surface area (Å²) in [5.41, 5.74) is -2.17. The Morgan fingerprint density at radius 2 is 1.72 bits per heavy atom. The van der Waals surface area contributed by atoms with Gasteiger partial charge in [-0.3, -0.25) is 14.4 Å². The lowest BCUT2D eigenvalue weighted by molar-refractivity contribution is -0.132. The average molecular weight is 542 g/mol. The maximum atomic E-state index is 14.9. The molecule has 1 unspecified atom stereocenters. The number of carbonyl (C=O) groups excluding carboxylic acids is 1. The Morgan fingerprint density at radius 1 is 1.06 bits per heavy atom. The summed E-state index contributed by atoms with van der Waals surface area (Å²) in [5.74, 6) is -1.76. The van der Waals surface area contributed by atoms with Crippen molar-refractivity contribution in [3.05, 3.63) is 54.1 Å². The normalized spacial score (nSPS) is 18.9. The van der Waals surface area contributed by atoms with E-state index in [0.29, 0.717) is 56.6 Å². The SMILES string of the molecule is O=C(NSc1cc(F)c(NC(CCN2CC(F)C2)CSc2ccccc2)c(F)c1)C1(F)CCCCC1. The Labute approximate surface area is 218 Å². The van der Waals surface area contributed by atoms with Crippen LogP contribution in [0.1, 0.15) is 38.5 Å². The fourth-order valence-corrected chi connectivity index (χ4v) is 6.14. The van der Waals surface area contributed by atoms with Gasteiger partial charge in [0.25, 0.3) is 5.91 Å². The number of benzene rings is 2. The molecule has 0 radical (unpaired) electrons. The predicted molar refractivity (Wildman–Crippen MR) is 138 cm³/mol. The molecule has 1 saturated heterocycles. The van der Waals surface area contributed by atoms with Gasteiger partial charge in [0.15, 0.2) is 5.67 Å². The molecule has 2 fully saturated rings. The van der Waals surface area contributed by atoms with Crippen LogP contribution in [0.15, 0.2) is 52.3 Å². The molecule has 4 nitrogen and oxygen atoms in total. The van der Waals surface area contributed by atoms with E-state index < -0.39 is 29.4 Å². The van der Waals surface area contributed by atoms with Crippen molar-refractivity contribution in [2.45, 2.75) is 66.2 Å². The van der Waals surface area contributed by atoms with Crippen molar-refractivity contribution in [1.82, 2.24) is 9.62 Å². The smallest absolute Gasteiger partial charge is 0.267 e. The van der Waals surface area contributed by atoms with Gasteiger partial charge < -0.3 is 5.32 Å². The second-order valence-corrected chi connectivity index (χ2v) is 11.4. The van der Waals surface area contributed by atoms with Gasteiger partial charge in [-0.2, -0.15) is 0 Å². The van der Waals surface area contributed by atoms with Crippen LogP contribution >= 0.6 is 23.7 Å². The number of alkyl halides is 2. The Kier molecular flexibility index (Phi) is 9.47. The number of amides is 1. The van der Waals surface area contributed by atoms with Crippen LogP contribution < -0.4 is 10.0 Å². The molecule has 1 saturated carbocycles. The third-order valence-corrected chi connectivity index (χ3v) is 8.51. The predicted octanol–water partition coefficient (Wildman–Crippen LogP) is 6.38. The van der Waals surface area contributed by atoms with E-state index >= 15 is 0 Å². The van der Waals surface area contributed by atoms with Gasteiger partial charge in [0, 0.05) is 41.2 Å². The Bertz CT molecular complexity index is 994. The monoisotopic (exact) mass is 541 g/mol. The number of thioether (sulfide) groups is 1. The number of nitrogens with one attached hydrogen (secondary N) is 2. The van der Waals surface area contributed by atoms with Gasteiger partial charge in [0.2, 0.25) is 0 Å². The molecule has 0 aromatic heterocycles. The van der Waals surface area contributed by atoms with Crippen molar-refractivity contribution in [2.24, 2.45) is 0 Å². The summed E-state index contributed by atoms with van der Waals surface area (Å²) in [7, 11) is 0. The summed E-state index contributed by atoms with van der Waals surface area (Å²) in [4.78, 5) is 15.5. The fraction of sp³-hybridized carbons (Fsp3) is 0.500. The molecule has 36 heavy (non-hydrogen) atoms. The van der Waals surface area contributed by atoms with E-state index in [-0.39, 0.29) is 29.5 Å². The maximum Gasteiger partial charge on any atom is 0.267 e. The van der Waals surface area contributed by atoms with Crippen LogP contribution in [0.25, 0.3) is 0 Å². The van der Waals surface area contributed by atoms with Gasteiger partial charge in [-0.1, -0.05) is 24.6 Å². The molecule has 0 bridgehead atoms. The zero-order valence-electron chi connectivity index (χ0n) is 20.0. The summed E-state index contributed by atoms with van der Waals surface area (Å²) in [6.45, 7) is 1.40. The van der Waals surface area contributed by atoms with E-state index in [0.717, 1.165) is 23.4 Å². The molecule has 10 heteroatoms. The number of nitrogens with zero attached hydrogens (tertiary/aromatic N) is 1. The number of anilines is 1. The quantitative estimate of drug-likeness (QED) is 0.196. The topological polar surface area (TPSA) is 44.4 Å². The molecule has 0 spiro atoms. The minimum absolute atomic E-state index is 0.146.